The maximum atomic E-state index is 14.5. The quantitative estimate of drug-likeness (QED) is 0.336. The molecule has 2 aromatic carbocycles. The number of halogens is 3. The zero-order valence-electron chi connectivity index (χ0n) is 13.7. The Balaban J connectivity index is 2.17. The van der Waals surface area contributed by atoms with Crippen molar-refractivity contribution in [3.05, 3.63) is 94.6 Å². The topological polar surface area (TPSA) is 30.0 Å². The summed E-state index contributed by atoms with van der Waals surface area (Å²) >= 11 is 1.18. The fourth-order valence-corrected chi connectivity index (χ4v) is 3.92. The molecule has 0 aliphatic rings. The summed E-state index contributed by atoms with van der Waals surface area (Å²) in [6.07, 6.45) is 2.00. The summed E-state index contributed by atoms with van der Waals surface area (Å²) in [5.41, 5.74) is 0.990. The van der Waals surface area contributed by atoms with Gasteiger partial charge in [0.25, 0.3) is 0 Å². The number of thioether (sulfide) groups is 1. The molecule has 3 rings (SSSR count). The van der Waals surface area contributed by atoms with Crippen LogP contribution in [0.5, 0.6) is 0 Å². The molecule has 132 valence electrons. The van der Waals surface area contributed by atoms with E-state index in [1.807, 2.05) is 6.07 Å². The number of hydrogen-bond donors (Lipinski definition) is 0. The van der Waals surface area contributed by atoms with E-state index >= 15 is 0 Å². The number of nitrogens with zero attached hydrogens (tertiary/aromatic N) is 1. The molecular formula is C20H14F3NOS. The minimum atomic E-state index is -1.22. The lowest BCUT2D eigenvalue weighted by Gasteiger charge is -2.21. The standard InChI is InChI=1S/C20H14F3NOS/c1-12-9-13(11-25)24-10-15(12)20(26-14-5-3-2-4-6-14)18-16(21)7-8-17(22)19(18)23/h2-11,20H,1H3. The van der Waals surface area contributed by atoms with E-state index in [2.05, 4.69) is 4.98 Å². The van der Waals surface area contributed by atoms with Gasteiger partial charge in [-0.05, 0) is 48.4 Å². The Morgan fingerprint density at radius 1 is 1.04 bits per heavy atom. The Morgan fingerprint density at radius 2 is 1.73 bits per heavy atom. The average molecular weight is 373 g/mol. The van der Waals surface area contributed by atoms with Crippen LogP contribution < -0.4 is 0 Å². The Bertz CT molecular complexity index is 947. The van der Waals surface area contributed by atoms with Gasteiger partial charge in [0.1, 0.15) is 11.5 Å². The van der Waals surface area contributed by atoms with Gasteiger partial charge in [0.05, 0.1) is 5.25 Å². The van der Waals surface area contributed by atoms with Crippen LogP contribution in [0.3, 0.4) is 0 Å². The molecular weight excluding hydrogens is 359 g/mol. The van der Waals surface area contributed by atoms with Crippen molar-refractivity contribution in [1.82, 2.24) is 4.98 Å². The highest BCUT2D eigenvalue weighted by molar-refractivity contribution is 7.99. The molecule has 2 nitrogen and oxygen atoms in total. The highest BCUT2D eigenvalue weighted by Gasteiger charge is 2.27. The molecule has 0 aliphatic heterocycles. The highest BCUT2D eigenvalue weighted by atomic mass is 32.2. The zero-order chi connectivity index (χ0) is 18.7. The molecule has 0 bridgehead atoms. The van der Waals surface area contributed by atoms with Crippen molar-refractivity contribution in [1.29, 1.82) is 0 Å². The molecule has 0 N–H and O–H groups in total. The molecule has 6 heteroatoms. The summed E-state index contributed by atoms with van der Waals surface area (Å²) in [5.74, 6) is -3.18. The maximum absolute atomic E-state index is 14.5. The van der Waals surface area contributed by atoms with Crippen LogP contribution in [0.25, 0.3) is 0 Å². The van der Waals surface area contributed by atoms with Gasteiger partial charge in [-0.3, -0.25) is 9.78 Å². The number of aromatic nitrogens is 1. The Kier molecular flexibility index (Phi) is 5.42. The first-order chi connectivity index (χ1) is 12.5. The minimum absolute atomic E-state index is 0.217. The molecule has 0 saturated heterocycles. The number of rotatable bonds is 5. The summed E-state index contributed by atoms with van der Waals surface area (Å²) in [6.45, 7) is 1.72. The van der Waals surface area contributed by atoms with Gasteiger partial charge < -0.3 is 0 Å². The van der Waals surface area contributed by atoms with Crippen molar-refractivity contribution in [2.24, 2.45) is 0 Å². The second-order valence-corrected chi connectivity index (χ2v) is 6.83. The third kappa shape index (κ3) is 3.65. The number of carbonyl (C=O) groups is 1. The van der Waals surface area contributed by atoms with Gasteiger partial charge in [0.15, 0.2) is 17.9 Å². The van der Waals surface area contributed by atoms with E-state index in [1.54, 1.807) is 31.2 Å². The predicted octanol–water partition coefficient (Wildman–Crippen LogP) is 5.50. The van der Waals surface area contributed by atoms with Crippen LogP contribution in [-0.4, -0.2) is 11.3 Å². The van der Waals surface area contributed by atoms with E-state index < -0.39 is 22.7 Å². The van der Waals surface area contributed by atoms with Gasteiger partial charge in [-0.1, -0.05) is 18.2 Å². The van der Waals surface area contributed by atoms with Crippen LogP contribution >= 0.6 is 11.8 Å². The number of benzene rings is 2. The van der Waals surface area contributed by atoms with E-state index in [4.69, 9.17) is 0 Å². The fraction of sp³-hybridized carbons (Fsp3) is 0.100. The van der Waals surface area contributed by atoms with E-state index in [0.717, 1.165) is 17.0 Å². The van der Waals surface area contributed by atoms with Gasteiger partial charge >= 0.3 is 0 Å². The van der Waals surface area contributed by atoms with Gasteiger partial charge in [0.2, 0.25) is 0 Å². The molecule has 1 unspecified atom stereocenters. The minimum Gasteiger partial charge on any atom is -0.296 e. The second-order valence-electron chi connectivity index (χ2n) is 5.65. The summed E-state index contributed by atoms with van der Waals surface area (Å²) < 4.78 is 42.7. The van der Waals surface area contributed by atoms with Crippen LogP contribution in [0.1, 0.15) is 32.4 Å². The smallest absolute Gasteiger partial charge is 0.168 e. The molecule has 0 fully saturated rings. The van der Waals surface area contributed by atoms with E-state index in [1.165, 1.54) is 24.0 Å². The molecule has 1 heterocycles. The van der Waals surface area contributed by atoms with Gasteiger partial charge in [-0.25, -0.2) is 13.2 Å². The van der Waals surface area contributed by atoms with E-state index in [-0.39, 0.29) is 11.3 Å². The molecule has 0 radical (unpaired) electrons. The van der Waals surface area contributed by atoms with Crippen LogP contribution in [0, 0.1) is 24.4 Å². The lowest BCUT2D eigenvalue weighted by Crippen LogP contribution is -2.08. The number of pyridine rings is 1. The van der Waals surface area contributed by atoms with Crippen LogP contribution in [0.2, 0.25) is 0 Å². The summed E-state index contributed by atoms with van der Waals surface area (Å²) in [6, 6.07) is 12.2. The second kappa shape index (κ2) is 7.74. The monoisotopic (exact) mass is 373 g/mol. The van der Waals surface area contributed by atoms with Crippen molar-refractivity contribution < 1.29 is 18.0 Å². The molecule has 1 atom stereocenters. The van der Waals surface area contributed by atoms with Crippen molar-refractivity contribution >= 4 is 18.0 Å². The maximum Gasteiger partial charge on any atom is 0.168 e. The first-order valence-electron chi connectivity index (χ1n) is 7.78. The van der Waals surface area contributed by atoms with Crippen LogP contribution in [0.15, 0.2) is 59.6 Å². The molecule has 0 spiro atoms. The van der Waals surface area contributed by atoms with Crippen molar-refractivity contribution in [3.8, 4) is 0 Å². The molecule has 3 aromatic rings. The lowest BCUT2D eigenvalue weighted by atomic mass is 10.00. The normalized spacial score (nSPS) is 12.0. The summed E-state index contributed by atoms with van der Waals surface area (Å²) in [7, 11) is 0. The predicted molar refractivity (Wildman–Crippen MR) is 94.8 cm³/mol. The average Bonchev–Trinajstić information content (AvgIpc) is 2.65. The number of aryl methyl sites for hydroxylation is 1. The molecule has 26 heavy (non-hydrogen) atoms. The fourth-order valence-electron chi connectivity index (χ4n) is 2.62. The largest absolute Gasteiger partial charge is 0.296 e. The van der Waals surface area contributed by atoms with E-state index in [9.17, 15) is 18.0 Å². The Hall–Kier alpha value is -2.60. The Labute approximate surface area is 153 Å². The van der Waals surface area contributed by atoms with Gasteiger partial charge in [-0.2, -0.15) is 0 Å². The lowest BCUT2D eigenvalue weighted by molar-refractivity contribution is 0.111. The third-order valence-electron chi connectivity index (χ3n) is 3.91. The van der Waals surface area contributed by atoms with Crippen molar-refractivity contribution in [2.45, 2.75) is 17.1 Å². The first-order valence-corrected chi connectivity index (χ1v) is 8.66. The van der Waals surface area contributed by atoms with Crippen LogP contribution in [0.4, 0.5) is 13.2 Å². The van der Waals surface area contributed by atoms with Crippen molar-refractivity contribution in [3.63, 3.8) is 0 Å². The third-order valence-corrected chi connectivity index (χ3v) is 5.18. The van der Waals surface area contributed by atoms with E-state index in [0.29, 0.717) is 17.4 Å². The molecule has 0 aliphatic carbocycles. The summed E-state index contributed by atoms with van der Waals surface area (Å²) in [4.78, 5) is 15.7. The number of aldehydes is 1. The molecule has 1 aromatic heterocycles. The SMILES string of the molecule is Cc1cc(C=O)ncc1C(Sc1ccccc1)c1c(F)ccc(F)c1F. The molecule has 0 saturated carbocycles. The number of carbonyl (C=O) groups excluding carboxylic acids is 1. The van der Waals surface area contributed by atoms with Crippen molar-refractivity contribution in [2.75, 3.05) is 0 Å². The zero-order valence-corrected chi connectivity index (χ0v) is 14.6. The summed E-state index contributed by atoms with van der Waals surface area (Å²) in [5, 5.41) is -0.860. The molecule has 0 amide bonds. The highest BCUT2D eigenvalue weighted by Crippen LogP contribution is 2.43. The van der Waals surface area contributed by atoms with Crippen LogP contribution in [-0.2, 0) is 0 Å². The number of hydrogen-bond acceptors (Lipinski definition) is 3. The van der Waals surface area contributed by atoms with Gasteiger partial charge in [0, 0.05) is 16.7 Å². The van der Waals surface area contributed by atoms with Gasteiger partial charge in [-0.15, -0.1) is 11.8 Å². The first kappa shape index (κ1) is 18.2. The Morgan fingerprint density at radius 3 is 2.38 bits per heavy atom.